The first kappa shape index (κ1) is 19.2. The SMILES string of the molecule is Cn1nc2c(c1OSC(F)(F)F)CC1CCC2N1C(=O)c1ccc2ncccc2c1. The Balaban J connectivity index is 1.46. The van der Waals surface area contributed by atoms with Crippen LogP contribution in [-0.4, -0.2) is 37.1 Å². The number of aromatic nitrogens is 3. The first-order chi connectivity index (χ1) is 14.3. The Bertz CT molecular complexity index is 1150. The molecule has 1 saturated heterocycles. The summed E-state index contributed by atoms with van der Waals surface area (Å²) in [4.78, 5) is 19.5. The van der Waals surface area contributed by atoms with Crippen LogP contribution in [0, 0.1) is 0 Å². The number of hydrogen-bond donors (Lipinski definition) is 0. The summed E-state index contributed by atoms with van der Waals surface area (Å²) in [6.07, 6.45) is 3.63. The highest BCUT2D eigenvalue weighted by molar-refractivity contribution is 7.95. The Morgan fingerprint density at radius 2 is 2.10 bits per heavy atom. The number of carbonyl (C=O) groups excluding carboxylic acids is 1. The highest BCUT2D eigenvalue weighted by Crippen LogP contribution is 2.47. The number of benzene rings is 1. The van der Waals surface area contributed by atoms with Gasteiger partial charge in [-0.05, 0) is 37.1 Å². The van der Waals surface area contributed by atoms with E-state index in [1.165, 1.54) is 4.68 Å². The lowest BCUT2D eigenvalue weighted by Gasteiger charge is -2.34. The zero-order valence-electron chi connectivity index (χ0n) is 15.9. The number of amides is 1. The van der Waals surface area contributed by atoms with Crippen molar-refractivity contribution in [3.8, 4) is 5.88 Å². The molecule has 2 aliphatic rings. The van der Waals surface area contributed by atoms with Gasteiger partial charge >= 0.3 is 5.51 Å². The minimum Gasteiger partial charge on any atom is -0.397 e. The van der Waals surface area contributed by atoms with Gasteiger partial charge in [0.2, 0.25) is 5.88 Å². The number of hydrogen-bond acceptors (Lipinski definition) is 5. The quantitative estimate of drug-likeness (QED) is 0.572. The number of halogens is 3. The smallest absolute Gasteiger partial charge is 0.397 e. The number of pyridine rings is 1. The Labute approximate surface area is 174 Å². The van der Waals surface area contributed by atoms with Crippen LogP contribution in [0.15, 0.2) is 36.5 Å². The van der Waals surface area contributed by atoms with E-state index in [-0.39, 0.29) is 23.9 Å². The van der Waals surface area contributed by atoms with Gasteiger partial charge in [-0.3, -0.25) is 9.78 Å². The van der Waals surface area contributed by atoms with Crippen molar-refractivity contribution in [1.29, 1.82) is 0 Å². The third-order valence-corrected chi connectivity index (χ3v) is 6.11. The van der Waals surface area contributed by atoms with Crippen LogP contribution in [0.2, 0.25) is 0 Å². The van der Waals surface area contributed by atoms with Crippen LogP contribution in [0.5, 0.6) is 5.88 Å². The van der Waals surface area contributed by atoms with Gasteiger partial charge in [0.25, 0.3) is 5.91 Å². The van der Waals surface area contributed by atoms with E-state index in [1.54, 1.807) is 19.3 Å². The fraction of sp³-hybridized carbons (Fsp3) is 0.350. The number of alkyl halides is 3. The van der Waals surface area contributed by atoms with Gasteiger partial charge in [0, 0.05) is 42.2 Å². The molecule has 2 bridgehead atoms. The van der Waals surface area contributed by atoms with Crippen LogP contribution in [0.3, 0.4) is 0 Å². The topological polar surface area (TPSA) is 60.2 Å². The van der Waals surface area contributed by atoms with Gasteiger partial charge < -0.3 is 9.08 Å². The molecule has 1 amide bonds. The van der Waals surface area contributed by atoms with Gasteiger partial charge in [0.05, 0.1) is 17.3 Å². The summed E-state index contributed by atoms with van der Waals surface area (Å²) in [5, 5.41) is 5.29. The summed E-state index contributed by atoms with van der Waals surface area (Å²) in [7, 11) is 1.56. The average Bonchev–Trinajstić information content (AvgIpc) is 3.21. The minimum absolute atomic E-state index is 0.0953. The summed E-state index contributed by atoms with van der Waals surface area (Å²) in [5.41, 5.74) is -1.84. The van der Waals surface area contributed by atoms with E-state index in [4.69, 9.17) is 4.18 Å². The third kappa shape index (κ3) is 3.19. The molecule has 6 nitrogen and oxygen atoms in total. The Hall–Kier alpha value is -2.75. The molecular weight excluding hydrogens is 417 g/mol. The Morgan fingerprint density at radius 3 is 2.90 bits per heavy atom. The van der Waals surface area contributed by atoms with Gasteiger partial charge in [-0.25, -0.2) is 4.68 Å². The largest absolute Gasteiger partial charge is 0.479 e. The molecule has 2 aromatic heterocycles. The molecule has 5 rings (SSSR count). The zero-order valence-corrected chi connectivity index (χ0v) is 16.7. The van der Waals surface area contributed by atoms with Crippen molar-refractivity contribution in [2.24, 2.45) is 7.05 Å². The lowest BCUT2D eigenvalue weighted by molar-refractivity contribution is -0.0371. The van der Waals surface area contributed by atoms with E-state index in [0.717, 1.165) is 23.7 Å². The molecule has 1 fully saturated rings. The molecule has 0 radical (unpaired) electrons. The van der Waals surface area contributed by atoms with Crippen LogP contribution >= 0.6 is 12.0 Å². The molecule has 156 valence electrons. The molecule has 0 aliphatic carbocycles. The molecule has 0 saturated carbocycles. The Kier molecular flexibility index (Phi) is 4.42. The predicted molar refractivity (Wildman–Crippen MR) is 105 cm³/mol. The molecule has 30 heavy (non-hydrogen) atoms. The molecule has 0 N–H and O–H groups in total. The molecule has 10 heteroatoms. The van der Waals surface area contributed by atoms with E-state index in [9.17, 15) is 18.0 Å². The number of fused-ring (bicyclic) bond motifs is 5. The second-order valence-electron chi connectivity index (χ2n) is 7.48. The maximum absolute atomic E-state index is 13.3. The maximum Gasteiger partial charge on any atom is 0.479 e. The lowest BCUT2D eigenvalue weighted by atomic mass is 9.98. The summed E-state index contributed by atoms with van der Waals surface area (Å²) in [6.45, 7) is 0. The number of carbonyl (C=O) groups is 1. The first-order valence-electron chi connectivity index (χ1n) is 9.47. The van der Waals surface area contributed by atoms with Crippen molar-refractivity contribution in [1.82, 2.24) is 19.7 Å². The van der Waals surface area contributed by atoms with Crippen LogP contribution < -0.4 is 4.18 Å². The fourth-order valence-corrected chi connectivity index (χ4v) is 4.86. The summed E-state index contributed by atoms with van der Waals surface area (Å²) in [5.74, 6) is 0.00444. The van der Waals surface area contributed by atoms with Crippen LogP contribution in [0.4, 0.5) is 13.2 Å². The summed E-state index contributed by atoms with van der Waals surface area (Å²) >= 11 is -0.541. The highest BCUT2D eigenvalue weighted by Gasteiger charge is 2.46. The molecule has 2 aliphatic heterocycles. The number of nitrogens with zero attached hydrogens (tertiary/aromatic N) is 4. The molecule has 3 aromatic rings. The van der Waals surface area contributed by atoms with E-state index in [2.05, 4.69) is 10.1 Å². The van der Waals surface area contributed by atoms with Crippen LogP contribution in [0.25, 0.3) is 10.9 Å². The van der Waals surface area contributed by atoms with Gasteiger partial charge in [0.1, 0.15) is 0 Å². The summed E-state index contributed by atoms with van der Waals surface area (Å²) in [6, 6.07) is 8.77. The van der Waals surface area contributed by atoms with Gasteiger partial charge in [-0.2, -0.15) is 18.3 Å². The summed E-state index contributed by atoms with van der Waals surface area (Å²) < 4.78 is 44.1. The normalized spacial score (nSPS) is 20.5. The zero-order chi connectivity index (χ0) is 21.0. The van der Waals surface area contributed by atoms with Crippen LogP contribution in [0.1, 0.15) is 40.5 Å². The highest BCUT2D eigenvalue weighted by atomic mass is 32.2. The van der Waals surface area contributed by atoms with Crippen molar-refractivity contribution in [3.63, 3.8) is 0 Å². The van der Waals surface area contributed by atoms with Crippen molar-refractivity contribution in [2.45, 2.75) is 36.9 Å². The monoisotopic (exact) mass is 434 g/mol. The maximum atomic E-state index is 13.3. The van der Waals surface area contributed by atoms with Crippen molar-refractivity contribution in [2.75, 3.05) is 0 Å². The van der Waals surface area contributed by atoms with Gasteiger partial charge in [-0.1, -0.05) is 6.07 Å². The number of aryl methyl sites for hydroxylation is 1. The van der Waals surface area contributed by atoms with E-state index in [1.807, 2.05) is 29.2 Å². The van der Waals surface area contributed by atoms with Gasteiger partial charge in [-0.15, -0.1) is 0 Å². The lowest BCUT2D eigenvalue weighted by Crippen LogP contribution is -2.41. The second-order valence-corrected chi connectivity index (χ2v) is 8.28. The second kappa shape index (κ2) is 6.90. The minimum atomic E-state index is -4.50. The van der Waals surface area contributed by atoms with Crippen molar-refractivity contribution in [3.05, 3.63) is 53.3 Å². The molecule has 1 aromatic carbocycles. The van der Waals surface area contributed by atoms with Crippen molar-refractivity contribution >= 4 is 28.9 Å². The molecular formula is C20H17F3N4O2S. The van der Waals surface area contributed by atoms with Crippen LogP contribution in [-0.2, 0) is 13.5 Å². The average molecular weight is 434 g/mol. The molecule has 2 atom stereocenters. The van der Waals surface area contributed by atoms with E-state index < -0.39 is 17.6 Å². The number of rotatable bonds is 3. The molecule has 0 spiro atoms. The fourth-order valence-electron chi connectivity index (χ4n) is 4.48. The first-order valence-corrected chi connectivity index (χ1v) is 10.2. The predicted octanol–water partition coefficient (Wildman–Crippen LogP) is 4.42. The van der Waals surface area contributed by atoms with E-state index in [0.29, 0.717) is 23.2 Å². The molecule has 4 heterocycles. The standard InChI is InChI=1S/C20H17F3N4O2S/c1-26-19(29-30-20(21,22)23)14-10-13-5-7-16(17(14)25-26)27(13)18(28)12-4-6-15-11(9-12)3-2-8-24-15/h2-4,6,8-9,13,16H,5,7,10H2,1H3. The van der Waals surface area contributed by atoms with Gasteiger partial charge in [0.15, 0.2) is 12.0 Å². The third-order valence-electron chi connectivity index (χ3n) is 5.68. The van der Waals surface area contributed by atoms with E-state index >= 15 is 0 Å². The van der Waals surface area contributed by atoms with Crippen molar-refractivity contribution < 1.29 is 22.1 Å². The Morgan fingerprint density at radius 1 is 1.27 bits per heavy atom. The molecule has 2 unspecified atom stereocenters.